The summed E-state index contributed by atoms with van der Waals surface area (Å²) in [5, 5.41) is 22.7. The van der Waals surface area contributed by atoms with Crippen LogP contribution in [0.25, 0.3) is 32.7 Å². The van der Waals surface area contributed by atoms with Gasteiger partial charge in [0.1, 0.15) is 0 Å². The van der Waals surface area contributed by atoms with Gasteiger partial charge in [-0.15, -0.1) is 0 Å². The molecule has 0 amide bonds. The molecule has 41 heavy (non-hydrogen) atoms. The third kappa shape index (κ3) is 3.99. The highest BCUT2D eigenvalue weighted by molar-refractivity contribution is 5.92. The largest absolute Gasteiger partial charge is 0.481 e. The zero-order valence-corrected chi connectivity index (χ0v) is 22.2. The lowest BCUT2D eigenvalue weighted by molar-refractivity contribution is -0.137. The maximum absolute atomic E-state index is 11.3. The zero-order chi connectivity index (χ0) is 28.1. The van der Waals surface area contributed by atoms with Crippen LogP contribution < -0.4 is 0 Å². The van der Waals surface area contributed by atoms with Gasteiger partial charge in [-0.1, -0.05) is 109 Å². The van der Waals surface area contributed by atoms with Crippen molar-refractivity contribution < 1.29 is 19.8 Å². The van der Waals surface area contributed by atoms with Crippen LogP contribution in [0, 0.1) is 0 Å². The van der Waals surface area contributed by atoms with E-state index >= 15 is 0 Å². The highest BCUT2D eigenvalue weighted by Gasteiger charge is 2.46. The molecule has 198 valence electrons. The molecule has 4 heteroatoms. The Kier molecular flexibility index (Phi) is 5.72. The van der Waals surface area contributed by atoms with E-state index in [0.717, 1.165) is 43.8 Å². The van der Waals surface area contributed by atoms with Crippen molar-refractivity contribution in [2.24, 2.45) is 0 Å². The molecule has 1 aliphatic carbocycles. The molecule has 0 spiro atoms. The molecule has 7 rings (SSSR count). The van der Waals surface area contributed by atoms with E-state index in [1.807, 2.05) is 36.4 Å². The highest BCUT2D eigenvalue weighted by Crippen LogP contribution is 2.56. The van der Waals surface area contributed by atoms with Crippen molar-refractivity contribution in [3.8, 4) is 11.1 Å². The standard InChI is InChI=1S/C37H26O4/c38-35(39)19-23-9-11-27-21-29(15-13-25(27)17-23)37(33-7-3-1-5-31(33)32-6-2-4-8-34(32)37)30-16-14-26-18-24(20-36(40)41)10-12-28(26)22-30/h1-18,21-22H,19-20H2,(H,38,39)(H,40,41). The minimum Gasteiger partial charge on any atom is -0.481 e. The normalized spacial score (nSPS) is 13.2. The van der Waals surface area contributed by atoms with Gasteiger partial charge in [-0.05, 0) is 78.2 Å². The van der Waals surface area contributed by atoms with Crippen LogP contribution >= 0.6 is 0 Å². The predicted molar refractivity (Wildman–Crippen MR) is 161 cm³/mol. The number of fused-ring (bicyclic) bond motifs is 5. The fourth-order valence-corrected chi connectivity index (χ4v) is 6.65. The molecule has 6 aromatic rings. The van der Waals surface area contributed by atoms with Crippen molar-refractivity contribution in [2.45, 2.75) is 18.3 Å². The van der Waals surface area contributed by atoms with Crippen LogP contribution in [0.15, 0.2) is 121 Å². The summed E-state index contributed by atoms with van der Waals surface area (Å²) in [6, 6.07) is 41.9. The Morgan fingerprint density at radius 1 is 0.488 bits per heavy atom. The van der Waals surface area contributed by atoms with Crippen LogP contribution in [-0.4, -0.2) is 22.2 Å². The quantitative estimate of drug-likeness (QED) is 0.230. The van der Waals surface area contributed by atoms with E-state index in [1.165, 1.54) is 22.3 Å². The molecule has 2 N–H and O–H groups in total. The van der Waals surface area contributed by atoms with E-state index < -0.39 is 17.4 Å². The molecule has 0 saturated carbocycles. The van der Waals surface area contributed by atoms with E-state index in [0.29, 0.717) is 0 Å². The summed E-state index contributed by atoms with van der Waals surface area (Å²) in [5.41, 5.74) is 8.09. The van der Waals surface area contributed by atoms with Crippen LogP contribution in [0.5, 0.6) is 0 Å². The van der Waals surface area contributed by atoms with E-state index in [9.17, 15) is 19.8 Å². The molecule has 0 bridgehead atoms. The average molecular weight is 535 g/mol. The Morgan fingerprint density at radius 3 is 1.32 bits per heavy atom. The summed E-state index contributed by atoms with van der Waals surface area (Å²) in [6.07, 6.45) is -0.0126. The molecule has 1 aliphatic rings. The van der Waals surface area contributed by atoms with Crippen molar-refractivity contribution in [3.05, 3.63) is 155 Å². The lowest BCUT2D eigenvalue weighted by Gasteiger charge is -2.34. The second kappa shape index (κ2) is 9.46. The van der Waals surface area contributed by atoms with Crippen molar-refractivity contribution in [2.75, 3.05) is 0 Å². The first-order valence-electron chi connectivity index (χ1n) is 13.6. The number of carboxylic acids is 2. The molecule has 0 aliphatic heterocycles. The first kappa shape index (κ1) is 24.8. The van der Waals surface area contributed by atoms with Gasteiger partial charge in [0.15, 0.2) is 0 Å². The van der Waals surface area contributed by atoms with Gasteiger partial charge in [0.2, 0.25) is 0 Å². The third-order valence-corrected chi connectivity index (χ3v) is 8.34. The maximum Gasteiger partial charge on any atom is 0.307 e. The molecule has 0 saturated heterocycles. The Labute approximate surface area is 237 Å². The van der Waals surface area contributed by atoms with Crippen molar-refractivity contribution in [1.29, 1.82) is 0 Å². The maximum atomic E-state index is 11.3. The van der Waals surface area contributed by atoms with Crippen molar-refractivity contribution in [1.82, 2.24) is 0 Å². The minimum atomic E-state index is -0.842. The van der Waals surface area contributed by atoms with Crippen LogP contribution in [0.1, 0.15) is 33.4 Å². The fraction of sp³-hybridized carbons (Fsp3) is 0.0811. The first-order valence-corrected chi connectivity index (χ1v) is 13.6. The van der Waals surface area contributed by atoms with Crippen molar-refractivity contribution in [3.63, 3.8) is 0 Å². The van der Waals surface area contributed by atoms with Gasteiger partial charge in [-0.25, -0.2) is 0 Å². The number of carboxylic acid groups (broad SMARTS) is 2. The van der Waals surface area contributed by atoms with Crippen LogP contribution in [0.4, 0.5) is 0 Å². The first-order chi connectivity index (χ1) is 19.9. The van der Waals surface area contributed by atoms with E-state index in [1.54, 1.807) is 0 Å². The number of hydrogen-bond donors (Lipinski definition) is 2. The average Bonchev–Trinajstić information content (AvgIpc) is 3.27. The summed E-state index contributed by atoms with van der Waals surface area (Å²) in [6.45, 7) is 0. The summed E-state index contributed by atoms with van der Waals surface area (Å²) >= 11 is 0. The van der Waals surface area contributed by atoms with Crippen molar-refractivity contribution >= 4 is 33.5 Å². The van der Waals surface area contributed by atoms with Gasteiger partial charge in [0.25, 0.3) is 0 Å². The zero-order valence-electron chi connectivity index (χ0n) is 22.2. The Morgan fingerprint density at radius 2 is 0.878 bits per heavy atom. The van der Waals surface area contributed by atoms with Crippen LogP contribution in [-0.2, 0) is 27.8 Å². The second-order valence-corrected chi connectivity index (χ2v) is 10.8. The lowest BCUT2D eigenvalue weighted by Crippen LogP contribution is -2.28. The SMILES string of the molecule is O=C(O)Cc1ccc2cc(C3(c4ccc5cc(CC(=O)O)ccc5c4)c4ccccc4-c4ccccc43)ccc2c1. The van der Waals surface area contributed by atoms with Gasteiger partial charge in [-0.2, -0.15) is 0 Å². The molecule has 0 radical (unpaired) electrons. The number of aliphatic carboxylic acids is 2. The molecule has 0 heterocycles. The van der Waals surface area contributed by atoms with Gasteiger partial charge >= 0.3 is 11.9 Å². The fourth-order valence-electron chi connectivity index (χ4n) is 6.65. The Bertz CT molecular complexity index is 1870. The second-order valence-electron chi connectivity index (χ2n) is 10.8. The number of hydrogen-bond acceptors (Lipinski definition) is 2. The molecular weight excluding hydrogens is 508 g/mol. The number of rotatable bonds is 6. The smallest absolute Gasteiger partial charge is 0.307 e. The number of carbonyl (C=O) groups is 2. The summed E-state index contributed by atoms with van der Waals surface area (Å²) in [5.74, 6) is -1.68. The summed E-state index contributed by atoms with van der Waals surface area (Å²) in [7, 11) is 0. The molecule has 4 nitrogen and oxygen atoms in total. The molecular formula is C37H26O4. The third-order valence-electron chi connectivity index (χ3n) is 8.34. The molecule has 0 aromatic heterocycles. The minimum absolute atomic E-state index is 0.00630. The van der Waals surface area contributed by atoms with E-state index in [-0.39, 0.29) is 12.8 Å². The monoisotopic (exact) mass is 534 g/mol. The predicted octanol–water partition coefficient (Wildman–Crippen LogP) is 7.61. The van der Waals surface area contributed by atoms with Gasteiger partial charge in [-0.3, -0.25) is 9.59 Å². The molecule has 0 fully saturated rings. The number of benzene rings is 6. The lowest BCUT2D eigenvalue weighted by atomic mass is 9.67. The van der Waals surface area contributed by atoms with Crippen LogP contribution in [0.3, 0.4) is 0 Å². The molecule has 6 aromatic carbocycles. The van der Waals surface area contributed by atoms with Gasteiger partial charge in [0, 0.05) is 0 Å². The van der Waals surface area contributed by atoms with Gasteiger partial charge in [0.05, 0.1) is 18.3 Å². The highest BCUT2D eigenvalue weighted by atomic mass is 16.4. The Balaban J connectivity index is 1.50. The molecule has 0 atom stereocenters. The van der Waals surface area contributed by atoms with E-state index in [2.05, 4.69) is 84.9 Å². The topological polar surface area (TPSA) is 74.6 Å². The molecule has 0 unspecified atom stereocenters. The summed E-state index contributed by atoms with van der Waals surface area (Å²) in [4.78, 5) is 22.6. The summed E-state index contributed by atoms with van der Waals surface area (Å²) < 4.78 is 0. The Hall–Kier alpha value is -5.22. The van der Waals surface area contributed by atoms with E-state index in [4.69, 9.17) is 0 Å². The van der Waals surface area contributed by atoms with Gasteiger partial charge < -0.3 is 10.2 Å². The van der Waals surface area contributed by atoms with Crippen LogP contribution in [0.2, 0.25) is 0 Å².